The van der Waals surface area contributed by atoms with E-state index in [0.717, 1.165) is 13.0 Å². The van der Waals surface area contributed by atoms with E-state index in [2.05, 4.69) is 26.0 Å². The van der Waals surface area contributed by atoms with E-state index < -0.39 is 21.1 Å². The van der Waals surface area contributed by atoms with Crippen LogP contribution in [-0.2, 0) is 10.0 Å². The first-order valence-corrected chi connectivity index (χ1v) is 8.38. The van der Waals surface area contributed by atoms with Crippen molar-refractivity contribution < 1.29 is 12.8 Å². The number of benzene rings is 1. The molecule has 1 aromatic rings. The Morgan fingerprint density at radius 3 is 2.68 bits per heavy atom. The van der Waals surface area contributed by atoms with Crippen LogP contribution in [0.2, 0.25) is 0 Å². The topological polar surface area (TPSA) is 58.2 Å². The van der Waals surface area contributed by atoms with Gasteiger partial charge >= 0.3 is 0 Å². The van der Waals surface area contributed by atoms with Gasteiger partial charge in [0, 0.05) is 11.0 Å². The maximum absolute atomic E-state index is 13.6. The second-order valence-electron chi connectivity index (χ2n) is 4.26. The molecule has 0 amide bonds. The Labute approximate surface area is 122 Å². The van der Waals surface area contributed by atoms with Crippen molar-refractivity contribution in [2.75, 3.05) is 17.8 Å². The third-order valence-corrected chi connectivity index (χ3v) is 4.97. The second-order valence-corrected chi connectivity index (χ2v) is 7.21. The van der Waals surface area contributed by atoms with Crippen LogP contribution in [0.25, 0.3) is 0 Å². The van der Waals surface area contributed by atoms with Crippen molar-refractivity contribution >= 4 is 31.6 Å². The van der Waals surface area contributed by atoms with Crippen LogP contribution in [0.4, 0.5) is 10.1 Å². The van der Waals surface area contributed by atoms with Crippen molar-refractivity contribution in [1.82, 2.24) is 5.32 Å². The van der Waals surface area contributed by atoms with Crippen LogP contribution in [0.5, 0.6) is 0 Å². The standard InChI is InChI=1S/C12H18BrFN2O2S/c1-3-7-15-8-9(2)19(17,18)16-12-10(13)5-4-6-11(12)14/h4-6,9,15-16H,3,7-8H2,1-2H3. The van der Waals surface area contributed by atoms with E-state index in [4.69, 9.17) is 0 Å². The molecule has 7 heteroatoms. The lowest BCUT2D eigenvalue weighted by molar-refractivity contribution is 0.574. The first kappa shape index (κ1) is 16.4. The van der Waals surface area contributed by atoms with Crippen molar-refractivity contribution in [3.63, 3.8) is 0 Å². The van der Waals surface area contributed by atoms with E-state index in [1.54, 1.807) is 13.0 Å². The minimum atomic E-state index is -3.62. The molecule has 1 aromatic carbocycles. The molecule has 1 rings (SSSR count). The quantitative estimate of drug-likeness (QED) is 0.741. The Bertz CT molecular complexity index is 502. The molecule has 0 spiro atoms. The van der Waals surface area contributed by atoms with Gasteiger partial charge in [0.05, 0.1) is 10.9 Å². The number of nitrogens with one attached hydrogen (secondary N) is 2. The lowest BCUT2D eigenvalue weighted by Gasteiger charge is -2.16. The maximum atomic E-state index is 13.6. The summed E-state index contributed by atoms with van der Waals surface area (Å²) in [6, 6.07) is 4.30. The first-order chi connectivity index (χ1) is 8.88. The van der Waals surface area contributed by atoms with Gasteiger partial charge in [0.15, 0.2) is 0 Å². The molecule has 0 fully saturated rings. The Morgan fingerprint density at radius 1 is 1.42 bits per heavy atom. The minimum Gasteiger partial charge on any atom is -0.315 e. The van der Waals surface area contributed by atoms with Gasteiger partial charge < -0.3 is 5.32 Å². The highest BCUT2D eigenvalue weighted by atomic mass is 79.9. The summed E-state index contributed by atoms with van der Waals surface area (Å²) in [4.78, 5) is 0. The SMILES string of the molecule is CCCNCC(C)S(=O)(=O)Nc1c(F)cccc1Br. The van der Waals surface area contributed by atoms with Crippen molar-refractivity contribution in [3.05, 3.63) is 28.5 Å². The fraction of sp³-hybridized carbons (Fsp3) is 0.500. The molecule has 1 atom stereocenters. The third-order valence-electron chi connectivity index (χ3n) is 2.60. The molecule has 0 saturated carbocycles. The molecule has 0 bridgehead atoms. The molecule has 2 N–H and O–H groups in total. The third kappa shape index (κ3) is 4.74. The molecular formula is C12H18BrFN2O2S. The normalized spacial score (nSPS) is 13.3. The lowest BCUT2D eigenvalue weighted by Crippen LogP contribution is -2.35. The zero-order chi connectivity index (χ0) is 14.5. The Kier molecular flexibility index (Phi) is 6.22. The van der Waals surface area contributed by atoms with Crippen molar-refractivity contribution in [1.29, 1.82) is 0 Å². The Balaban J connectivity index is 2.79. The summed E-state index contributed by atoms with van der Waals surface area (Å²) >= 11 is 3.13. The number of hydrogen-bond donors (Lipinski definition) is 2. The smallest absolute Gasteiger partial charge is 0.236 e. The van der Waals surface area contributed by atoms with Crippen LogP contribution in [0.15, 0.2) is 22.7 Å². The average molecular weight is 353 g/mol. The van der Waals surface area contributed by atoms with Gasteiger partial charge in [-0.2, -0.15) is 0 Å². The fourth-order valence-corrected chi connectivity index (χ4v) is 3.03. The lowest BCUT2D eigenvalue weighted by atomic mass is 10.3. The average Bonchev–Trinajstić information content (AvgIpc) is 2.34. The van der Waals surface area contributed by atoms with Crippen LogP contribution >= 0.6 is 15.9 Å². The van der Waals surface area contributed by atoms with Gasteiger partial charge in [-0.05, 0) is 48.0 Å². The van der Waals surface area contributed by atoms with Crippen LogP contribution in [0, 0.1) is 5.82 Å². The Morgan fingerprint density at radius 2 is 2.11 bits per heavy atom. The molecule has 0 saturated heterocycles. The van der Waals surface area contributed by atoms with Gasteiger partial charge in [0.25, 0.3) is 0 Å². The van der Waals surface area contributed by atoms with Crippen LogP contribution in [0.3, 0.4) is 0 Å². The zero-order valence-electron chi connectivity index (χ0n) is 10.9. The van der Waals surface area contributed by atoms with Gasteiger partial charge in [0.1, 0.15) is 5.82 Å². The summed E-state index contributed by atoms with van der Waals surface area (Å²) in [7, 11) is -3.62. The van der Waals surface area contributed by atoms with Gasteiger partial charge in [-0.25, -0.2) is 12.8 Å². The van der Waals surface area contributed by atoms with E-state index in [0.29, 0.717) is 11.0 Å². The van der Waals surface area contributed by atoms with Crippen LogP contribution in [-0.4, -0.2) is 26.8 Å². The predicted molar refractivity (Wildman–Crippen MR) is 79.3 cm³/mol. The summed E-state index contributed by atoms with van der Waals surface area (Å²) in [6.45, 7) is 4.67. The van der Waals surface area contributed by atoms with Crippen LogP contribution < -0.4 is 10.0 Å². The summed E-state index contributed by atoms with van der Waals surface area (Å²) < 4.78 is 40.4. The van der Waals surface area contributed by atoms with Gasteiger partial charge in [-0.1, -0.05) is 13.0 Å². The molecule has 4 nitrogen and oxygen atoms in total. The van der Waals surface area contributed by atoms with E-state index in [9.17, 15) is 12.8 Å². The molecule has 0 aliphatic rings. The predicted octanol–water partition coefficient (Wildman–Crippen LogP) is 2.72. The Hall–Kier alpha value is -0.660. The summed E-state index contributed by atoms with van der Waals surface area (Å²) in [5.74, 6) is -0.605. The molecule has 0 heterocycles. The zero-order valence-corrected chi connectivity index (χ0v) is 13.3. The van der Waals surface area contributed by atoms with Crippen molar-refractivity contribution in [2.45, 2.75) is 25.5 Å². The molecule has 0 aliphatic heterocycles. The molecule has 0 aromatic heterocycles. The molecule has 108 valence electrons. The van der Waals surface area contributed by atoms with E-state index >= 15 is 0 Å². The van der Waals surface area contributed by atoms with Gasteiger partial charge in [-0.15, -0.1) is 0 Å². The number of rotatable bonds is 7. The van der Waals surface area contributed by atoms with E-state index in [-0.39, 0.29) is 5.69 Å². The van der Waals surface area contributed by atoms with Gasteiger partial charge in [-0.3, -0.25) is 4.72 Å². The number of sulfonamides is 1. The molecule has 0 aliphatic carbocycles. The number of anilines is 1. The summed E-state index contributed by atoms with van der Waals surface area (Å²) in [5.41, 5.74) is -0.0511. The minimum absolute atomic E-state index is 0.0511. The second kappa shape index (κ2) is 7.21. The van der Waals surface area contributed by atoms with Crippen molar-refractivity contribution in [3.8, 4) is 0 Å². The number of halogens is 2. The molecule has 19 heavy (non-hydrogen) atoms. The fourth-order valence-electron chi connectivity index (χ4n) is 1.43. The maximum Gasteiger partial charge on any atom is 0.236 e. The summed E-state index contributed by atoms with van der Waals surface area (Å²) in [6.07, 6.45) is 0.930. The first-order valence-electron chi connectivity index (χ1n) is 6.04. The highest BCUT2D eigenvalue weighted by molar-refractivity contribution is 9.10. The highest BCUT2D eigenvalue weighted by Gasteiger charge is 2.22. The molecule has 1 unspecified atom stereocenters. The van der Waals surface area contributed by atoms with E-state index in [1.807, 2.05) is 6.92 Å². The highest BCUT2D eigenvalue weighted by Crippen LogP contribution is 2.26. The van der Waals surface area contributed by atoms with Crippen molar-refractivity contribution in [2.24, 2.45) is 0 Å². The number of hydrogen-bond acceptors (Lipinski definition) is 3. The largest absolute Gasteiger partial charge is 0.315 e. The van der Waals surface area contributed by atoms with E-state index in [1.165, 1.54) is 12.1 Å². The van der Waals surface area contributed by atoms with Gasteiger partial charge in [0.2, 0.25) is 10.0 Å². The molecular weight excluding hydrogens is 335 g/mol. The number of para-hydroxylation sites is 1. The monoisotopic (exact) mass is 352 g/mol. The van der Waals surface area contributed by atoms with Crippen LogP contribution in [0.1, 0.15) is 20.3 Å². The summed E-state index contributed by atoms with van der Waals surface area (Å²) in [5, 5.41) is 2.38. The molecule has 0 radical (unpaired) electrons.